The van der Waals surface area contributed by atoms with Crippen LogP contribution in [0.25, 0.3) is 10.8 Å². The molecule has 0 radical (unpaired) electrons. The first kappa shape index (κ1) is 17.7. The van der Waals surface area contributed by atoms with E-state index in [2.05, 4.69) is 40.5 Å². The zero-order valence-corrected chi connectivity index (χ0v) is 15.6. The molecule has 3 aromatic carbocycles. The molecule has 1 heterocycles. The number of carbonyl (C=O) groups excluding carboxylic acids is 1. The van der Waals surface area contributed by atoms with Crippen LogP contribution in [0.1, 0.15) is 22.3 Å². The largest absolute Gasteiger partial charge is 0.352 e. The molecule has 27 heavy (non-hydrogen) atoms. The third-order valence-corrected chi connectivity index (χ3v) is 5.52. The normalized spacial score (nSPS) is 17.3. The Labute approximate surface area is 161 Å². The summed E-state index contributed by atoms with van der Waals surface area (Å²) in [5, 5.41) is 5.29. The molecule has 1 saturated heterocycles. The van der Waals surface area contributed by atoms with Crippen LogP contribution in [0.3, 0.4) is 0 Å². The maximum absolute atomic E-state index is 12.7. The van der Waals surface area contributed by atoms with Crippen molar-refractivity contribution in [2.24, 2.45) is 5.92 Å². The third-order valence-electron chi connectivity index (χ3n) is 5.52. The van der Waals surface area contributed by atoms with Crippen molar-refractivity contribution < 1.29 is 4.79 Å². The van der Waals surface area contributed by atoms with E-state index in [1.807, 2.05) is 42.5 Å². The van der Waals surface area contributed by atoms with Crippen molar-refractivity contribution in [2.45, 2.75) is 12.8 Å². The Kier molecular flexibility index (Phi) is 5.50. The van der Waals surface area contributed by atoms with Crippen LogP contribution in [0.4, 0.5) is 0 Å². The Bertz CT molecular complexity index is 901. The lowest BCUT2D eigenvalue weighted by molar-refractivity contribution is 0.0949. The summed E-state index contributed by atoms with van der Waals surface area (Å²) in [7, 11) is 0. The molecule has 1 aliphatic heterocycles. The molecule has 1 N–H and O–H groups in total. The molecular formula is C24H26N2O. The lowest BCUT2D eigenvalue weighted by Crippen LogP contribution is -2.31. The molecule has 0 aromatic heterocycles. The number of fused-ring (bicyclic) bond motifs is 1. The molecule has 3 heteroatoms. The Balaban J connectivity index is 1.28. The van der Waals surface area contributed by atoms with E-state index >= 15 is 0 Å². The van der Waals surface area contributed by atoms with Crippen molar-refractivity contribution in [3.8, 4) is 0 Å². The molecule has 1 aliphatic rings. The number of likely N-dealkylation sites (tertiary alicyclic amines) is 1. The topological polar surface area (TPSA) is 32.3 Å². The van der Waals surface area contributed by atoms with Crippen molar-refractivity contribution in [1.82, 2.24) is 10.2 Å². The van der Waals surface area contributed by atoms with Gasteiger partial charge in [0, 0.05) is 25.2 Å². The van der Waals surface area contributed by atoms with E-state index in [9.17, 15) is 4.79 Å². The van der Waals surface area contributed by atoms with Gasteiger partial charge in [-0.05, 0) is 47.7 Å². The third kappa shape index (κ3) is 4.37. The van der Waals surface area contributed by atoms with E-state index in [-0.39, 0.29) is 5.91 Å². The van der Waals surface area contributed by atoms with Crippen LogP contribution in [0.15, 0.2) is 72.8 Å². The minimum absolute atomic E-state index is 0.0366. The minimum atomic E-state index is 0.0366. The van der Waals surface area contributed by atoms with Gasteiger partial charge in [-0.15, -0.1) is 0 Å². The summed E-state index contributed by atoms with van der Waals surface area (Å²) in [6, 6.07) is 24.6. The lowest BCUT2D eigenvalue weighted by Gasteiger charge is -2.16. The highest BCUT2D eigenvalue weighted by molar-refractivity contribution is 6.06. The van der Waals surface area contributed by atoms with E-state index < -0.39 is 0 Å². The summed E-state index contributed by atoms with van der Waals surface area (Å²) in [5.41, 5.74) is 2.16. The van der Waals surface area contributed by atoms with E-state index in [0.29, 0.717) is 5.92 Å². The first-order chi connectivity index (χ1) is 13.3. The Morgan fingerprint density at radius 3 is 2.63 bits per heavy atom. The average Bonchev–Trinajstić information content (AvgIpc) is 3.19. The van der Waals surface area contributed by atoms with Crippen molar-refractivity contribution in [3.63, 3.8) is 0 Å². The number of hydrogen-bond donors (Lipinski definition) is 1. The molecule has 3 nitrogen and oxygen atoms in total. The van der Waals surface area contributed by atoms with Crippen molar-refractivity contribution in [2.75, 3.05) is 26.2 Å². The van der Waals surface area contributed by atoms with Crippen molar-refractivity contribution in [1.29, 1.82) is 0 Å². The van der Waals surface area contributed by atoms with Crippen molar-refractivity contribution >= 4 is 16.7 Å². The monoisotopic (exact) mass is 358 g/mol. The van der Waals surface area contributed by atoms with Gasteiger partial charge in [0.2, 0.25) is 0 Å². The minimum Gasteiger partial charge on any atom is -0.352 e. The number of nitrogens with one attached hydrogen (secondary N) is 1. The van der Waals surface area contributed by atoms with Gasteiger partial charge in [-0.3, -0.25) is 4.79 Å². The van der Waals surface area contributed by atoms with Crippen LogP contribution >= 0.6 is 0 Å². The maximum Gasteiger partial charge on any atom is 0.251 e. The van der Waals surface area contributed by atoms with Gasteiger partial charge in [0.15, 0.2) is 0 Å². The molecule has 0 bridgehead atoms. The SMILES string of the molecule is O=C(NC[C@@H]1CCN(CCc2ccccc2)C1)c1cccc2ccccc12. The van der Waals surface area contributed by atoms with Gasteiger partial charge in [-0.25, -0.2) is 0 Å². The quantitative estimate of drug-likeness (QED) is 0.718. The number of benzene rings is 3. The van der Waals surface area contributed by atoms with Crippen LogP contribution in [-0.4, -0.2) is 37.0 Å². The van der Waals surface area contributed by atoms with E-state index in [4.69, 9.17) is 0 Å². The summed E-state index contributed by atoms with van der Waals surface area (Å²) in [5.74, 6) is 0.578. The highest BCUT2D eigenvalue weighted by Crippen LogP contribution is 2.19. The molecule has 0 aliphatic carbocycles. The van der Waals surface area contributed by atoms with Crippen molar-refractivity contribution in [3.05, 3.63) is 83.9 Å². The van der Waals surface area contributed by atoms with Gasteiger partial charge in [0.1, 0.15) is 0 Å². The van der Waals surface area contributed by atoms with Gasteiger partial charge >= 0.3 is 0 Å². The zero-order chi connectivity index (χ0) is 18.5. The maximum atomic E-state index is 12.7. The second kappa shape index (κ2) is 8.36. The summed E-state index contributed by atoms with van der Waals surface area (Å²) in [6.45, 7) is 4.05. The summed E-state index contributed by atoms with van der Waals surface area (Å²) in [6.07, 6.45) is 2.25. The first-order valence-corrected chi connectivity index (χ1v) is 9.82. The molecule has 0 unspecified atom stereocenters. The molecule has 4 rings (SSSR count). The molecule has 138 valence electrons. The summed E-state index contributed by atoms with van der Waals surface area (Å²) in [4.78, 5) is 15.2. The first-order valence-electron chi connectivity index (χ1n) is 9.82. The number of hydrogen-bond acceptors (Lipinski definition) is 2. The Hall–Kier alpha value is -2.65. The number of nitrogens with zero attached hydrogens (tertiary/aromatic N) is 1. The Morgan fingerprint density at radius 1 is 0.963 bits per heavy atom. The summed E-state index contributed by atoms with van der Waals surface area (Å²) >= 11 is 0. The fraction of sp³-hybridized carbons (Fsp3) is 0.292. The average molecular weight is 358 g/mol. The standard InChI is InChI=1S/C24H26N2O/c27-24(23-12-6-10-21-9-4-5-11-22(21)23)25-17-20-14-16-26(18-20)15-13-19-7-2-1-3-8-19/h1-12,20H,13-18H2,(H,25,27)/t20-/m0/s1. The fourth-order valence-electron chi connectivity index (χ4n) is 3.97. The molecule has 1 fully saturated rings. The molecule has 3 aromatic rings. The van der Waals surface area contributed by atoms with Crippen LogP contribution in [-0.2, 0) is 6.42 Å². The van der Waals surface area contributed by atoms with Gasteiger partial charge in [-0.1, -0.05) is 66.7 Å². The number of amides is 1. The number of rotatable bonds is 6. The second-order valence-corrected chi connectivity index (χ2v) is 7.43. The molecule has 0 spiro atoms. The predicted molar refractivity (Wildman–Crippen MR) is 111 cm³/mol. The van der Waals surface area contributed by atoms with Crippen LogP contribution in [0.5, 0.6) is 0 Å². The van der Waals surface area contributed by atoms with E-state index in [1.165, 1.54) is 5.56 Å². The van der Waals surface area contributed by atoms with Gasteiger partial charge < -0.3 is 10.2 Å². The van der Waals surface area contributed by atoms with E-state index in [0.717, 1.165) is 55.4 Å². The van der Waals surface area contributed by atoms with E-state index in [1.54, 1.807) is 0 Å². The highest BCUT2D eigenvalue weighted by Gasteiger charge is 2.22. The summed E-state index contributed by atoms with van der Waals surface area (Å²) < 4.78 is 0. The molecule has 1 atom stereocenters. The molecule has 0 saturated carbocycles. The fourth-order valence-corrected chi connectivity index (χ4v) is 3.97. The van der Waals surface area contributed by atoms with Crippen LogP contribution < -0.4 is 5.32 Å². The molecule has 1 amide bonds. The Morgan fingerprint density at radius 2 is 1.74 bits per heavy atom. The lowest BCUT2D eigenvalue weighted by atomic mass is 10.0. The van der Waals surface area contributed by atoms with Gasteiger partial charge in [0.25, 0.3) is 5.91 Å². The van der Waals surface area contributed by atoms with Crippen LogP contribution in [0.2, 0.25) is 0 Å². The highest BCUT2D eigenvalue weighted by atomic mass is 16.1. The number of carbonyl (C=O) groups is 1. The smallest absolute Gasteiger partial charge is 0.251 e. The van der Waals surface area contributed by atoms with Gasteiger partial charge in [0.05, 0.1) is 0 Å². The van der Waals surface area contributed by atoms with Gasteiger partial charge in [-0.2, -0.15) is 0 Å². The molecular weight excluding hydrogens is 332 g/mol. The van der Waals surface area contributed by atoms with Crippen LogP contribution in [0, 0.1) is 5.92 Å². The predicted octanol–water partition coefficient (Wildman–Crippen LogP) is 4.13. The zero-order valence-electron chi connectivity index (χ0n) is 15.6. The second-order valence-electron chi connectivity index (χ2n) is 7.43.